The number of rotatable bonds is 11. The molecule has 2 amide bonds. The Morgan fingerprint density at radius 3 is 2.59 bits per heavy atom. The molecule has 0 aliphatic carbocycles. The first-order valence-electron chi connectivity index (χ1n) is 10.1. The molecule has 0 aromatic carbocycles. The van der Waals surface area contributed by atoms with Crippen molar-refractivity contribution in [3.05, 3.63) is 24.1 Å². The minimum absolute atomic E-state index is 0.205. The molecular formula is C21H34N4O4. The standard InChI is InChI=1S/C21H34N4O4/c1-7-8-9-11-21(4,25-14-16(28-5)13-18(25)26)19(27)22-17-10-12-24(23-17)15-20(2,3)29-6/h10,12-13H,7-9,11,14-15H2,1-6H3,(H,22,23,27). The van der Waals surface area contributed by atoms with Gasteiger partial charge < -0.3 is 19.7 Å². The first-order valence-corrected chi connectivity index (χ1v) is 10.1. The van der Waals surface area contributed by atoms with Crippen molar-refractivity contribution in [1.29, 1.82) is 0 Å². The van der Waals surface area contributed by atoms with Crippen molar-refractivity contribution in [2.24, 2.45) is 0 Å². The number of carbonyl (C=O) groups excluding carboxylic acids is 2. The molecule has 2 rings (SSSR count). The van der Waals surface area contributed by atoms with Gasteiger partial charge in [-0.3, -0.25) is 14.3 Å². The molecule has 1 N–H and O–H groups in total. The number of aromatic nitrogens is 2. The van der Waals surface area contributed by atoms with Crippen LogP contribution < -0.4 is 5.32 Å². The van der Waals surface area contributed by atoms with E-state index in [2.05, 4.69) is 17.3 Å². The molecule has 0 fully saturated rings. The summed E-state index contributed by atoms with van der Waals surface area (Å²) in [5.41, 5.74) is -1.36. The van der Waals surface area contributed by atoms with Crippen molar-refractivity contribution in [3.63, 3.8) is 0 Å². The Kier molecular flexibility index (Phi) is 7.46. The fourth-order valence-electron chi connectivity index (χ4n) is 3.35. The van der Waals surface area contributed by atoms with Gasteiger partial charge in [0.15, 0.2) is 5.82 Å². The largest absolute Gasteiger partial charge is 0.499 e. The SMILES string of the molecule is CCCCCC(C)(C(=O)Nc1ccn(CC(C)(C)OC)n1)N1CC(OC)=CC1=O. The van der Waals surface area contributed by atoms with E-state index in [0.717, 1.165) is 19.3 Å². The molecule has 0 spiro atoms. The van der Waals surface area contributed by atoms with Crippen LogP contribution in [0.15, 0.2) is 24.1 Å². The number of hydrogen-bond donors (Lipinski definition) is 1. The Morgan fingerprint density at radius 1 is 1.28 bits per heavy atom. The van der Waals surface area contributed by atoms with Crippen LogP contribution in [0.1, 0.15) is 53.4 Å². The fraction of sp³-hybridized carbons (Fsp3) is 0.667. The Balaban J connectivity index is 2.16. The zero-order valence-corrected chi connectivity index (χ0v) is 18.4. The minimum Gasteiger partial charge on any atom is -0.499 e. The molecule has 162 valence electrons. The van der Waals surface area contributed by atoms with E-state index in [0.29, 0.717) is 31.1 Å². The summed E-state index contributed by atoms with van der Waals surface area (Å²) in [6, 6.07) is 1.75. The van der Waals surface area contributed by atoms with E-state index >= 15 is 0 Å². The molecule has 1 atom stereocenters. The Labute approximate surface area is 173 Å². The summed E-state index contributed by atoms with van der Waals surface area (Å²) in [6.07, 6.45) is 6.70. The number of ether oxygens (including phenoxy) is 2. The lowest BCUT2D eigenvalue weighted by atomic mass is 9.91. The second-order valence-corrected chi connectivity index (χ2v) is 8.29. The molecule has 29 heavy (non-hydrogen) atoms. The average molecular weight is 407 g/mol. The molecule has 1 aromatic rings. The second kappa shape index (κ2) is 9.43. The highest BCUT2D eigenvalue weighted by Gasteiger charge is 2.44. The van der Waals surface area contributed by atoms with Gasteiger partial charge in [-0.1, -0.05) is 26.2 Å². The first-order chi connectivity index (χ1) is 13.6. The zero-order valence-electron chi connectivity index (χ0n) is 18.4. The van der Waals surface area contributed by atoms with Crippen molar-refractivity contribution in [1.82, 2.24) is 14.7 Å². The van der Waals surface area contributed by atoms with Crippen LogP contribution in [0.2, 0.25) is 0 Å². The summed E-state index contributed by atoms with van der Waals surface area (Å²) >= 11 is 0. The molecule has 1 aromatic heterocycles. The predicted octanol–water partition coefficient (Wildman–Crippen LogP) is 2.96. The molecule has 0 saturated heterocycles. The van der Waals surface area contributed by atoms with E-state index in [-0.39, 0.29) is 17.4 Å². The lowest BCUT2D eigenvalue weighted by molar-refractivity contribution is -0.140. The van der Waals surface area contributed by atoms with Crippen molar-refractivity contribution in [2.75, 3.05) is 26.1 Å². The van der Waals surface area contributed by atoms with Crippen molar-refractivity contribution in [2.45, 2.75) is 71.1 Å². The zero-order chi connectivity index (χ0) is 21.7. The topological polar surface area (TPSA) is 85.7 Å². The minimum atomic E-state index is -0.987. The van der Waals surface area contributed by atoms with E-state index in [1.54, 1.807) is 29.0 Å². The van der Waals surface area contributed by atoms with Crippen LogP contribution in [-0.4, -0.2) is 58.4 Å². The normalized spacial score (nSPS) is 16.6. The first kappa shape index (κ1) is 22.9. The highest BCUT2D eigenvalue weighted by molar-refractivity contribution is 6.02. The summed E-state index contributed by atoms with van der Waals surface area (Å²) in [5.74, 6) is 0.568. The number of nitrogens with one attached hydrogen (secondary N) is 1. The van der Waals surface area contributed by atoms with Crippen LogP contribution in [0, 0.1) is 0 Å². The van der Waals surface area contributed by atoms with Crippen molar-refractivity contribution < 1.29 is 19.1 Å². The quantitative estimate of drug-likeness (QED) is 0.571. The van der Waals surface area contributed by atoms with Crippen LogP contribution >= 0.6 is 0 Å². The number of nitrogens with zero attached hydrogens (tertiary/aromatic N) is 3. The van der Waals surface area contributed by atoms with E-state index in [4.69, 9.17) is 9.47 Å². The fourth-order valence-corrected chi connectivity index (χ4v) is 3.35. The van der Waals surface area contributed by atoms with Crippen molar-refractivity contribution in [3.8, 4) is 0 Å². The lowest BCUT2D eigenvalue weighted by Gasteiger charge is -2.37. The molecule has 8 nitrogen and oxygen atoms in total. The maximum absolute atomic E-state index is 13.3. The monoisotopic (exact) mass is 406 g/mol. The van der Waals surface area contributed by atoms with Gasteiger partial charge in [-0.05, 0) is 27.2 Å². The number of unbranched alkanes of at least 4 members (excludes halogenated alkanes) is 2. The van der Waals surface area contributed by atoms with E-state index in [1.165, 1.54) is 13.2 Å². The summed E-state index contributed by atoms with van der Waals surface area (Å²) in [4.78, 5) is 27.4. The molecular weight excluding hydrogens is 372 g/mol. The predicted molar refractivity (Wildman–Crippen MR) is 111 cm³/mol. The molecule has 2 heterocycles. The lowest BCUT2D eigenvalue weighted by Crippen LogP contribution is -2.55. The molecule has 8 heteroatoms. The van der Waals surface area contributed by atoms with Crippen LogP contribution in [-0.2, 0) is 25.6 Å². The molecule has 1 aliphatic heterocycles. The summed E-state index contributed by atoms with van der Waals surface area (Å²) < 4.78 is 12.4. The van der Waals surface area contributed by atoms with Crippen LogP contribution in [0.5, 0.6) is 0 Å². The molecule has 1 unspecified atom stereocenters. The van der Waals surface area contributed by atoms with Crippen molar-refractivity contribution >= 4 is 17.6 Å². The smallest absolute Gasteiger partial charge is 0.251 e. The van der Waals surface area contributed by atoms with Crippen LogP contribution in [0.25, 0.3) is 0 Å². The maximum atomic E-state index is 13.3. The third kappa shape index (κ3) is 5.59. The number of anilines is 1. The van der Waals surface area contributed by atoms with Gasteiger partial charge >= 0.3 is 0 Å². The van der Waals surface area contributed by atoms with Gasteiger partial charge in [-0.15, -0.1) is 0 Å². The third-order valence-corrected chi connectivity index (χ3v) is 5.46. The highest BCUT2D eigenvalue weighted by Crippen LogP contribution is 2.29. The molecule has 0 radical (unpaired) electrons. The van der Waals surface area contributed by atoms with Crippen LogP contribution in [0.4, 0.5) is 5.82 Å². The van der Waals surface area contributed by atoms with Gasteiger partial charge in [0.05, 0.1) is 25.8 Å². The van der Waals surface area contributed by atoms with Gasteiger partial charge in [0.25, 0.3) is 11.8 Å². The van der Waals surface area contributed by atoms with Gasteiger partial charge in [-0.2, -0.15) is 5.10 Å². The Hall–Kier alpha value is -2.35. The van der Waals surface area contributed by atoms with Gasteiger partial charge in [0.1, 0.15) is 11.3 Å². The molecule has 1 aliphatic rings. The third-order valence-electron chi connectivity index (χ3n) is 5.46. The van der Waals surface area contributed by atoms with E-state index < -0.39 is 5.54 Å². The molecule has 0 saturated carbocycles. The summed E-state index contributed by atoms with van der Waals surface area (Å²) in [7, 11) is 3.19. The highest BCUT2D eigenvalue weighted by atomic mass is 16.5. The maximum Gasteiger partial charge on any atom is 0.251 e. The molecule has 0 bridgehead atoms. The Morgan fingerprint density at radius 2 is 2.00 bits per heavy atom. The number of methoxy groups -OCH3 is 2. The number of amides is 2. The summed E-state index contributed by atoms with van der Waals surface area (Å²) in [5, 5.41) is 7.33. The second-order valence-electron chi connectivity index (χ2n) is 8.29. The average Bonchev–Trinajstić information content (AvgIpc) is 3.27. The van der Waals surface area contributed by atoms with Gasteiger partial charge in [0.2, 0.25) is 0 Å². The van der Waals surface area contributed by atoms with Gasteiger partial charge in [0, 0.05) is 25.4 Å². The van der Waals surface area contributed by atoms with E-state index in [1.807, 2.05) is 20.8 Å². The van der Waals surface area contributed by atoms with Crippen LogP contribution in [0.3, 0.4) is 0 Å². The van der Waals surface area contributed by atoms with E-state index in [9.17, 15) is 9.59 Å². The Bertz CT molecular complexity index is 756. The van der Waals surface area contributed by atoms with Gasteiger partial charge in [-0.25, -0.2) is 0 Å². The number of hydrogen-bond acceptors (Lipinski definition) is 5. The summed E-state index contributed by atoms with van der Waals surface area (Å²) in [6.45, 7) is 8.71. The number of carbonyl (C=O) groups is 2.